The van der Waals surface area contributed by atoms with E-state index in [0.29, 0.717) is 27.9 Å². The molecule has 12 amide bonds. The quantitative estimate of drug-likeness (QED) is 0.0234. The number of carbonyl (C=O) groups is 15. The summed E-state index contributed by atoms with van der Waals surface area (Å²) in [5.41, 5.74) is 18.6. The molecule has 1 aliphatic heterocycles. The van der Waals surface area contributed by atoms with Gasteiger partial charge in [0, 0.05) is 114 Å². The summed E-state index contributed by atoms with van der Waals surface area (Å²) in [6.07, 6.45) is 5.45. The second-order valence-corrected chi connectivity index (χ2v) is 27.8. The van der Waals surface area contributed by atoms with Crippen LogP contribution in [0.3, 0.4) is 0 Å². The molecule has 0 bridgehead atoms. The molecule has 8 atom stereocenters. The van der Waals surface area contributed by atoms with Gasteiger partial charge in [-0.15, -0.1) is 0 Å². The maximum Gasteiger partial charge on any atom is 0.317 e. The molecule has 109 heavy (non-hydrogen) atoms. The molecule has 0 spiro atoms. The van der Waals surface area contributed by atoms with Crippen LogP contribution in [0, 0.1) is 11.8 Å². The maximum atomic E-state index is 14.4. The molecule has 1 aliphatic rings. The molecule has 0 aliphatic carbocycles. The molecule has 21 N–H and O–H groups in total. The van der Waals surface area contributed by atoms with E-state index in [1.165, 1.54) is 31.2 Å². The summed E-state index contributed by atoms with van der Waals surface area (Å²) < 4.78 is 11.0. The zero-order chi connectivity index (χ0) is 80.7. The lowest BCUT2D eigenvalue weighted by Gasteiger charge is -2.32. The van der Waals surface area contributed by atoms with Crippen molar-refractivity contribution in [3.8, 4) is 0 Å². The number of thioether (sulfide) groups is 1. The Morgan fingerprint density at radius 3 is 1.62 bits per heavy atom. The number of carboxylic acids is 3. The Kier molecular flexibility index (Phi) is 40.7. The molecule has 2 aromatic heterocycles. The number of para-hydroxylation sites is 1. The molecule has 3 aromatic rings. The summed E-state index contributed by atoms with van der Waals surface area (Å²) in [6, 6.07) is -3.69. The van der Waals surface area contributed by atoms with Crippen molar-refractivity contribution in [1.82, 2.24) is 87.7 Å². The van der Waals surface area contributed by atoms with Crippen LogP contribution in [0.5, 0.6) is 0 Å². The Morgan fingerprint density at radius 2 is 1.07 bits per heavy atom. The number of nitrogens with two attached hydrogens (primary N) is 3. The number of fused-ring (bicyclic) bond motifs is 1. The monoisotopic (exact) mass is 1560 g/mol. The minimum Gasteiger partial charge on any atom is -0.480 e. The van der Waals surface area contributed by atoms with Crippen molar-refractivity contribution < 1.29 is 96.7 Å². The molecule has 1 aromatic carbocycles. The van der Waals surface area contributed by atoms with Crippen molar-refractivity contribution in [2.75, 3.05) is 137 Å². The van der Waals surface area contributed by atoms with E-state index in [1.54, 1.807) is 63.9 Å². The Labute approximate surface area is 634 Å². The van der Waals surface area contributed by atoms with Crippen LogP contribution in [0.2, 0.25) is 0 Å². The number of primary amides is 2. The average Bonchev–Trinajstić information content (AvgIpc) is 1.72. The highest BCUT2D eigenvalue weighted by molar-refractivity contribution is 7.98. The summed E-state index contributed by atoms with van der Waals surface area (Å²) >= 11 is 1.45. The summed E-state index contributed by atoms with van der Waals surface area (Å²) in [6.45, 7) is 6.97. The molecule has 1 saturated heterocycles. The van der Waals surface area contributed by atoms with Gasteiger partial charge < -0.3 is 105 Å². The number of benzene rings is 1. The van der Waals surface area contributed by atoms with Gasteiger partial charge in [0.05, 0.1) is 58.9 Å². The number of aromatic amines is 2. The molecule has 606 valence electrons. The summed E-state index contributed by atoms with van der Waals surface area (Å²) in [7, 11) is 0. The number of carboxylic acid groups (broad SMARTS) is 3. The zero-order valence-corrected chi connectivity index (χ0v) is 63.2. The van der Waals surface area contributed by atoms with Crippen LogP contribution in [-0.2, 0) is 94.2 Å². The van der Waals surface area contributed by atoms with E-state index in [0.717, 1.165) is 0 Å². The molecular weight excluding hydrogens is 1450 g/mol. The first-order valence-corrected chi connectivity index (χ1v) is 37.1. The molecule has 3 heterocycles. The van der Waals surface area contributed by atoms with Gasteiger partial charge in [0.25, 0.3) is 0 Å². The fourth-order valence-electron chi connectivity index (χ4n) is 11.3. The first kappa shape index (κ1) is 91.5. The van der Waals surface area contributed by atoms with Crippen LogP contribution in [0.25, 0.3) is 10.9 Å². The van der Waals surface area contributed by atoms with Gasteiger partial charge in [-0.25, -0.2) is 4.98 Å². The number of nitrogens with zero attached hydrogens (tertiary/aromatic N) is 5. The van der Waals surface area contributed by atoms with Crippen LogP contribution in [0.4, 0.5) is 0 Å². The molecule has 4 rings (SSSR count). The lowest BCUT2D eigenvalue weighted by Crippen LogP contribution is -2.60. The highest BCUT2D eigenvalue weighted by Gasteiger charge is 2.35. The highest BCUT2D eigenvalue weighted by Crippen LogP contribution is 2.20. The molecule has 0 radical (unpaired) electrons. The number of hydrogen-bond acceptors (Lipinski definition) is 24. The molecule has 0 saturated carbocycles. The van der Waals surface area contributed by atoms with Crippen molar-refractivity contribution >= 4 is 111 Å². The number of aliphatic carboxylic acids is 3. The minimum absolute atomic E-state index is 0.0174. The average molecular weight is 1560 g/mol. The Hall–Kier alpha value is -9.91. The van der Waals surface area contributed by atoms with E-state index in [-0.39, 0.29) is 137 Å². The van der Waals surface area contributed by atoms with Crippen molar-refractivity contribution in [2.24, 2.45) is 29.0 Å². The van der Waals surface area contributed by atoms with Gasteiger partial charge in [-0.2, -0.15) is 11.8 Å². The molecular formula is C68H108N20O20S. The topological polar surface area (TPSA) is 591 Å². The van der Waals surface area contributed by atoms with Crippen molar-refractivity contribution in [2.45, 2.75) is 121 Å². The second-order valence-electron chi connectivity index (χ2n) is 26.9. The van der Waals surface area contributed by atoms with Crippen LogP contribution in [0.15, 0.2) is 43.0 Å². The lowest BCUT2D eigenvalue weighted by molar-refractivity contribution is -0.140. The van der Waals surface area contributed by atoms with Crippen molar-refractivity contribution in [3.05, 3.63) is 54.2 Å². The number of aromatic nitrogens is 3. The van der Waals surface area contributed by atoms with E-state index in [1.807, 2.05) is 20.1 Å². The van der Waals surface area contributed by atoms with Crippen LogP contribution in [-0.4, -0.2) is 324 Å². The molecule has 1 unspecified atom stereocenters. The number of imidazole rings is 1. The third kappa shape index (κ3) is 35.3. The normalized spacial score (nSPS) is 15.7. The predicted molar refractivity (Wildman–Crippen MR) is 396 cm³/mol. The third-order valence-electron chi connectivity index (χ3n) is 17.1. The fourth-order valence-corrected chi connectivity index (χ4v) is 11.8. The van der Waals surface area contributed by atoms with Crippen molar-refractivity contribution in [1.29, 1.82) is 0 Å². The van der Waals surface area contributed by atoms with Gasteiger partial charge in [-0.1, -0.05) is 45.9 Å². The number of amides is 12. The van der Waals surface area contributed by atoms with Gasteiger partial charge in [0.2, 0.25) is 70.9 Å². The Morgan fingerprint density at radius 1 is 0.550 bits per heavy atom. The van der Waals surface area contributed by atoms with Gasteiger partial charge in [-0.05, 0) is 61.7 Å². The molecule has 40 nitrogen and oxygen atoms in total. The highest BCUT2D eigenvalue weighted by atomic mass is 32.2. The minimum atomic E-state index is -1.58. The van der Waals surface area contributed by atoms with E-state index < -0.39 is 176 Å². The number of ether oxygens (including phenoxy) is 2. The number of H-pyrrole nitrogens is 2. The number of nitrogens with one attached hydrogen (secondary N) is 12. The smallest absolute Gasteiger partial charge is 0.317 e. The first-order chi connectivity index (χ1) is 51.7. The van der Waals surface area contributed by atoms with Crippen molar-refractivity contribution in [3.63, 3.8) is 0 Å². The van der Waals surface area contributed by atoms with Crippen LogP contribution >= 0.6 is 11.8 Å². The Bertz CT molecular complexity index is 3480. The standard InChI is InChI=1S/C68H108N20O20S/c1-40(2)27-49(65(103)80-47(61(71)99)13-26-109-6)82-66(104)51(29-44-32-72-39-76-44)78-54(90)33-75-68(106)60(41(3)4)84-62(100)42(5)77-64(102)50(28-43-31-74-46-10-8-7-9-45(43)46)83-63(101)48(11-12-53(70)89)81-67(105)52(30-69)79-56(92)38-108-25-24-107-23-14-73-55(91)34-85-15-17-86(35-57(93)94)19-21-88(37-59(97)98)22-20-87(18-16-85)36-58(95)96/h7-10,31-32,39-42,47-52,60,74H,11-30,33-38,69H2,1-6H3,(H2,70,89)(H2,71,99)(H,72,76)(H,73,91)(H,75,106)(H,77,102)(H,78,90)(H,79,92)(H,80,103)(H,81,105)(H,82,104)(H,83,101)(H,84,100)(H,93,94)(H,95,96)(H,97,98)/t42-,47-,48-,49-,50-,51-,52?,60-/m0/s1. The largest absolute Gasteiger partial charge is 0.480 e. The van der Waals surface area contributed by atoms with Gasteiger partial charge in [0.1, 0.15) is 54.9 Å². The first-order valence-electron chi connectivity index (χ1n) is 35.7. The summed E-state index contributed by atoms with van der Waals surface area (Å²) in [4.78, 5) is 213. The zero-order valence-electron chi connectivity index (χ0n) is 62.4. The third-order valence-corrected chi connectivity index (χ3v) is 17.8. The maximum absolute atomic E-state index is 14.4. The number of hydrogen-bond donors (Lipinski definition) is 18. The van der Waals surface area contributed by atoms with Gasteiger partial charge >= 0.3 is 17.9 Å². The fraction of sp³-hybridized carbons (Fsp3) is 0.618. The number of carbonyl (C=O) groups excluding carboxylic acids is 12. The summed E-state index contributed by atoms with van der Waals surface area (Å²) in [5.74, 6) is -13.1. The lowest BCUT2D eigenvalue weighted by atomic mass is 10.0. The molecule has 41 heteroatoms. The van der Waals surface area contributed by atoms with E-state index in [9.17, 15) is 87.2 Å². The van der Waals surface area contributed by atoms with E-state index in [4.69, 9.17) is 26.7 Å². The van der Waals surface area contributed by atoms with Gasteiger partial charge in [-0.3, -0.25) is 91.5 Å². The Balaban J connectivity index is 1.34. The van der Waals surface area contributed by atoms with Crippen LogP contribution < -0.4 is 70.4 Å². The summed E-state index contributed by atoms with van der Waals surface area (Å²) in [5, 5.41) is 54.9. The van der Waals surface area contributed by atoms with E-state index >= 15 is 0 Å². The van der Waals surface area contributed by atoms with E-state index in [2.05, 4.69) is 68.1 Å². The van der Waals surface area contributed by atoms with Gasteiger partial charge in [0.15, 0.2) is 0 Å². The SMILES string of the molecule is CSCC[C@H](NC(=O)[C@H](CC(C)C)NC(=O)[C@H](Cc1cnc[nH]1)NC(=O)CNC(=O)[C@@H](NC(=O)[C@H](C)NC(=O)[C@H](Cc1c[nH]c2ccccc12)NC(=O)[C@H](CCC(N)=O)NC(=O)C(CN)NC(=O)COCCOCCNC(=O)CN1CCN(CC(=O)O)CCN(CC(=O)O)CCN(CC(=O)O)CC1)C(C)C)C(N)=O. The second kappa shape index (κ2) is 48.5. The predicted octanol–water partition coefficient (Wildman–Crippen LogP) is -6.52. The number of rotatable bonds is 48. The van der Waals surface area contributed by atoms with Crippen LogP contribution in [0.1, 0.15) is 71.6 Å². The molecule has 1 fully saturated rings.